The fourth-order valence-electron chi connectivity index (χ4n) is 2.87. The molecular formula is C20H21F2NO5S. The van der Waals surface area contributed by atoms with E-state index in [2.05, 4.69) is 5.32 Å². The fourth-order valence-corrected chi connectivity index (χ4v) is 3.59. The molecule has 0 unspecified atom stereocenters. The number of nitrogens with one attached hydrogen (secondary N) is 1. The molecule has 1 amide bonds. The summed E-state index contributed by atoms with van der Waals surface area (Å²) in [6.07, 6.45) is 0. The maximum atomic E-state index is 12.6. The van der Waals surface area contributed by atoms with E-state index < -0.39 is 31.8 Å². The Bertz CT molecular complexity index is 1000. The van der Waals surface area contributed by atoms with Gasteiger partial charge in [-0.1, -0.05) is 19.9 Å². The third-order valence-electron chi connectivity index (χ3n) is 4.69. The number of fused-ring (bicyclic) bond motifs is 1. The largest absolute Gasteiger partial charge is 0.486 e. The molecule has 6 nitrogen and oxygen atoms in total. The van der Waals surface area contributed by atoms with Crippen molar-refractivity contribution in [2.24, 2.45) is 0 Å². The maximum absolute atomic E-state index is 12.6. The van der Waals surface area contributed by atoms with Gasteiger partial charge in [-0.15, -0.1) is 0 Å². The van der Waals surface area contributed by atoms with Crippen molar-refractivity contribution in [1.29, 1.82) is 0 Å². The Hall–Kier alpha value is -2.68. The van der Waals surface area contributed by atoms with Crippen LogP contribution in [-0.4, -0.2) is 39.8 Å². The molecule has 0 atom stereocenters. The van der Waals surface area contributed by atoms with E-state index in [9.17, 15) is 22.0 Å². The number of halogens is 2. The first-order valence-electron chi connectivity index (χ1n) is 8.92. The van der Waals surface area contributed by atoms with Crippen molar-refractivity contribution in [2.75, 3.05) is 19.8 Å². The van der Waals surface area contributed by atoms with Gasteiger partial charge in [0.05, 0.1) is 4.90 Å². The third-order valence-corrected chi connectivity index (χ3v) is 6.09. The number of hydrogen-bond donors (Lipinski definition) is 1. The van der Waals surface area contributed by atoms with Gasteiger partial charge in [-0.05, 0) is 42.0 Å². The predicted octanol–water partition coefficient (Wildman–Crippen LogP) is 3.16. The predicted molar refractivity (Wildman–Crippen MR) is 102 cm³/mol. The van der Waals surface area contributed by atoms with Gasteiger partial charge in [0.25, 0.3) is 5.91 Å². The van der Waals surface area contributed by atoms with E-state index >= 15 is 0 Å². The average molecular weight is 425 g/mol. The van der Waals surface area contributed by atoms with Crippen LogP contribution in [0, 0.1) is 0 Å². The second kappa shape index (κ2) is 7.98. The lowest BCUT2D eigenvalue weighted by molar-refractivity contribution is 0.0945. The van der Waals surface area contributed by atoms with Crippen LogP contribution in [-0.2, 0) is 15.3 Å². The second-order valence-corrected chi connectivity index (χ2v) is 9.17. The van der Waals surface area contributed by atoms with Crippen LogP contribution in [0.4, 0.5) is 8.78 Å². The summed E-state index contributed by atoms with van der Waals surface area (Å²) >= 11 is 0. The minimum absolute atomic E-state index is 0.177. The van der Waals surface area contributed by atoms with Gasteiger partial charge in [-0.25, -0.2) is 8.42 Å². The van der Waals surface area contributed by atoms with Crippen molar-refractivity contribution in [3.05, 3.63) is 53.6 Å². The molecule has 29 heavy (non-hydrogen) atoms. The first-order valence-corrected chi connectivity index (χ1v) is 10.5. The summed E-state index contributed by atoms with van der Waals surface area (Å²) in [5.41, 5.74) is 0.696. The van der Waals surface area contributed by atoms with Gasteiger partial charge < -0.3 is 14.8 Å². The quantitative estimate of drug-likeness (QED) is 0.769. The maximum Gasteiger partial charge on any atom is 0.341 e. The van der Waals surface area contributed by atoms with Gasteiger partial charge in [0, 0.05) is 17.5 Å². The molecule has 2 aromatic carbocycles. The molecule has 0 aromatic heterocycles. The Kier molecular flexibility index (Phi) is 5.79. The number of carbonyl (C=O) groups is 1. The Balaban J connectivity index is 1.68. The SMILES string of the molecule is CC(C)(CNC(=O)c1ccc(S(=O)(=O)C(F)F)cc1)c1ccc2c(c1)OCCO2. The molecule has 0 fully saturated rings. The number of benzene rings is 2. The van der Waals surface area contributed by atoms with Crippen LogP contribution < -0.4 is 14.8 Å². The van der Waals surface area contributed by atoms with Crippen LogP contribution in [0.15, 0.2) is 47.4 Å². The first kappa shape index (κ1) is 21.0. The van der Waals surface area contributed by atoms with Crippen LogP contribution >= 0.6 is 0 Å². The van der Waals surface area contributed by atoms with Crippen LogP contribution in [0.5, 0.6) is 11.5 Å². The third kappa shape index (κ3) is 4.50. The van der Waals surface area contributed by atoms with E-state index in [1.165, 1.54) is 12.1 Å². The standard InChI is InChI=1S/C20H21F2NO5S/c1-20(2,14-5-8-16-17(11-14)28-10-9-27-16)12-23-18(24)13-3-6-15(7-4-13)29(25,26)19(21)22/h3-8,11,19H,9-10,12H2,1-2H3,(H,23,24). The Morgan fingerprint density at radius 2 is 1.69 bits per heavy atom. The molecular weight excluding hydrogens is 404 g/mol. The van der Waals surface area contributed by atoms with Crippen molar-refractivity contribution in [3.63, 3.8) is 0 Å². The van der Waals surface area contributed by atoms with E-state index in [1.54, 1.807) is 0 Å². The van der Waals surface area contributed by atoms with Gasteiger partial charge in [-0.2, -0.15) is 8.78 Å². The molecule has 1 aliphatic rings. The molecule has 0 saturated carbocycles. The van der Waals surface area contributed by atoms with Crippen molar-refractivity contribution in [3.8, 4) is 11.5 Å². The molecule has 156 valence electrons. The molecule has 1 heterocycles. The summed E-state index contributed by atoms with van der Waals surface area (Å²) in [6, 6.07) is 10.0. The summed E-state index contributed by atoms with van der Waals surface area (Å²) in [5, 5.41) is 2.79. The molecule has 2 aromatic rings. The van der Waals surface area contributed by atoms with Crippen molar-refractivity contribution < 1.29 is 31.5 Å². The van der Waals surface area contributed by atoms with Crippen LogP contribution in [0.3, 0.4) is 0 Å². The highest BCUT2D eigenvalue weighted by molar-refractivity contribution is 7.91. The van der Waals surface area contributed by atoms with Crippen molar-refractivity contribution in [1.82, 2.24) is 5.32 Å². The summed E-state index contributed by atoms with van der Waals surface area (Å²) < 4.78 is 59.2. The molecule has 0 aliphatic carbocycles. The average Bonchev–Trinajstić information content (AvgIpc) is 2.71. The molecule has 0 saturated heterocycles. The molecule has 0 spiro atoms. The van der Waals surface area contributed by atoms with Gasteiger partial charge in [-0.3, -0.25) is 4.79 Å². The zero-order valence-corrected chi connectivity index (χ0v) is 16.8. The van der Waals surface area contributed by atoms with Gasteiger partial charge in [0.2, 0.25) is 9.84 Å². The number of alkyl halides is 2. The highest BCUT2D eigenvalue weighted by Gasteiger charge is 2.27. The van der Waals surface area contributed by atoms with Gasteiger partial charge >= 0.3 is 5.76 Å². The minimum atomic E-state index is -4.69. The lowest BCUT2D eigenvalue weighted by Crippen LogP contribution is -2.36. The zero-order chi connectivity index (χ0) is 21.2. The number of ether oxygens (including phenoxy) is 2. The molecule has 0 radical (unpaired) electrons. The molecule has 1 aliphatic heterocycles. The highest BCUT2D eigenvalue weighted by atomic mass is 32.2. The van der Waals surface area contributed by atoms with Gasteiger partial charge in [0.1, 0.15) is 13.2 Å². The van der Waals surface area contributed by atoms with Crippen molar-refractivity contribution in [2.45, 2.75) is 29.9 Å². The van der Waals surface area contributed by atoms with Crippen molar-refractivity contribution >= 4 is 15.7 Å². The van der Waals surface area contributed by atoms with Crippen LogP contribution in [0.2, 0.25) is 0 Å². The molecule has 0 bridgehead atoms. The molecule has 1 N–H and O–H groups in total. The molecule has 9 heteroatoms. The zero-order valence-electron chi connectivity index (χ0n) is 15.9. The summed E-state index contributed by atoms with van der Waals surface area (Å²) in [5.74, 6) is -2.60. The van der Waals surface area contributed by atoms with E-state index in [0.717, 1.165) is 17.7 Å². The van der Waals surface area contributed by atoms with E-state index in [1.807, 2.05) is 32.0 Å². The van der Waals surface area contributed by atoms with E-state index in [4.69, 9.17) is 9.47 Å². The van der Waals surface area contributed by atoms with Crippen LogP contribution in [0.1, 0.15) is 29.8 Å². The molecule has 3 rings (SSSR count). The van der Waals surface area contributed by atoms with E-state index in [-0.39, 0.29) is 5.56 Å². The minimum Gasteiger partial charge on any atom is -0.486 e. The lowest BCUT2D eigenvalue weighted by Gasteiger charge is -2.28. The topological polar surface area (TPSA) is 81.7 Å². The first-order chi connectivity index (χ1) is 13.6. The number of rotatable bonds is 6. The summed E-state index contributed by atoms with van der Waals surface area (Å²) in [6.45, 7) is 5.19. The Morgan fingerprint density at radius 3 is 2.31 bits per heavy atom. The number of amides is 1. The highest BCUT2D eigenvalue weighted by Crippen LogP contribution is 2.35. The monoisotopic (exact) mass is 425 g/mol. The number of hydrogen-bond acceptors (Lipinski definition) is 5. The second-order valence-electron chi connectivity index (χ2n) is 7.26. The lowest BCUT2D eigenvalue weighted by atomic mass is 9.84. The summed E-state index contributed by atoms with van der Waals surface area (Å²) in [4.78, 5) is 11.9. The normalized spacial score (nSPS) is 14.0. The van der Waals surface area contributed by atoms with Crippen LogP contribution in [0.25, 0.3) is 0 Å². The number of carbonyl (C=O) groups excluding carboxylic acids is 1. The summed E-state index contributed by atoms with van der Waals surface area (Å²) in [7, 11) is -4.69. The smallest absolute Gasteiger partial charge is 0.341 e. The Labute approximate surface area is 167 Å². The van der Waals surface area contributed by atoms with E-state index in [0.29, 0.717) is 31.3 Å². The number of sulfone groups is 1. The fraction of sp³-hybridized carbons (Fsp3) is 0.350. The Morgan fingerprint density at radius 1 is 1.07 bits per heavy atom. The van der Waals surface area contributed by atoms with Gasteiger partial charge in [0.15, 0.2) is 11.5 Å².